The summed E-state index contributed by atoms with van der Waals surface area (Å²) in [6.45, 7) is 6.49. The molecule has 0 amide bonds. The van der Waals surface area contributed by atoms with Crippen molar-refractivity contribution in [3.05, 3.63) is 0 Å². The first-order chi connectivity index (χ1) is 7.95. The van der Waals surface area contributed by atoms with Crippen LogP contribution in [0, 0.1) is 5.41 Å². The summed E-state index contributed by atoms with van der Waals surface area (Å²) in [5, 5.41) is 3.12. The molecule has 0 aromatic heterocycles. The number of nitrogens with one attached hydrogen (secondary N) is 1. The minimum absolute atomic E-state index is 0.0329. The molecule has 0 saturated heterocycles. The van der Waals surface area contributed by atoms with E-state index in [4.69, 9.17) is 0 Å². The van der Waals surface area contributed by atoms with Crippen LogP contribution in [0.25, 0.3) is 0 Å². The van der Waals surface area contributed by atoms with Gasteiger partial charge in [0.05, 0.1) is 0 Å². The fraction of sp³-hybridized carbons (Fsp3) is 1.00. The first-order valence-electron chi connectivity index (χ1n) is 6.97. The van der Waals surface area contributed by atoms with Crippen molar-refractivity contribution in [2.45, 2.75) is 71.6 Å². The van der Waals surface area contributed by atoms with Crippen LogP contribution in [0.1, 0.15) is 65.7 Å². The van der Waals surface area contributed by atoms with Gasteiger partial charge in [0.25, 0.3) is 0 Å². The maximum Gasteiger partial charge on any atom is 0.248 e. The van der Waals surface area contributed by atoms with Crippen molar-refractivity contribution < 1.29 is 8.78 Å². The largest absolute Gasteiger partial charge is 0.319 e. The molecule has 1 unspecified atom stereocenters. The molecule has 0 aliphatic carbocycles. The lowest BCUT2D eigenvalue weighted by molar-refractivity contribution is -0.0545. The molecule has 1 N–H and O–H groups in total. The fourth-order valence-electron chi connectivity index (χ4n) is 2.67. The van der Waals surface area contributed by atoms with E-state index < -0.39 is 5.92 Å². The molecule has 17 heavy (non-hydrogen) atoms. The third-order valence-corrected chi connectivity index (χ3v) is 3.54. The Bertz CT molecular complexity index is 187. The van der Waals surface area contributed by atoms with E-state index in [9.17, 15) is 8.78 Å². The smallest absolute Gasteiger partial charge is 0.248 e. The lowest BCUT2D eigenvalue weighted by atomic mass is 9.73. The molecule has 0 aliphatic heterocycles. The van der Waals surface area contributed by atoms with Gasteiger partial charge in [-0.2, -0.15) is 0 Å². The third-order valence-electron chi connectivity index (χ3n) is 3.54. The zero-order valence-electron chi connectivity index (χ0n) is 11.9. The number of hydrogen-bond donors (Lipinski definition) is 1. The topological polar surface area (TPSA) is 12.0 Å². The molecule has 0 aromatic rings. The molecular formula is C14H29F2N. The van der Waals surface area contributed by atoms with E-state index in [1.165, 1.54) is 0 Å². The van der Waals surface area contributed by atoms with Gasteiger partial charge in [-0.15, -0.1) is 0 Å². The summed E-state index contributed by atoms with van der Waals surface area (Å²) in [6.07, 6.45) is 4.89. The minimum atomic E-state index is -2.51. The highest BCUT2D eigenvalue weighted by Gasteiger charge is 2.39. The molecule has 0 saturated carbocycles. The van der Waals surface area contributed by atoms with E-state index in [2.05, 4.69) is 19.2 Å². The summed E-state index contributed by atoms with van der Waals surface area (Å²) in [5.41, 5.74) is -0.223. The highest BCUT2D eigenvalue weighted by Crippen LogP contribution is 2.41. The Hall–Kier alpha value is -0.180. The van der Waals surface area contributed by atoms with Crippen LogP contribution in [-0.4, -0.2) is 19.5 Å². The third kappa shape index (κ3) is 6.35. The van der Waals surface area contributed by atoms with Crippen LogP contribution in [-0.2, 0) is 0 Å². The van der Waals surface area contributed by atoms with Gasteiger partial charge in [0.1, 0.15) is 0 Å². The second-order valence-corrected chi connectivity index (χ2v) is 5.27. The van der Waals surface area contributed by atoms with Gasteiger partial charge in [-0.1, -0.05) is 40.0 Å². The van der Waals surface area contributed by atoms with Crippen molar-refractivity contribution in [2.75, 3.05) is 13.6 Å². The van der Waals surface area contributed by atoms with Crippen LogP contribution in [0.4, 0.5) is 8.78 Å². The van der Waals surface area contributed by atoms with E-state index in [1.54, 1.807) is 6.92 Å². The average molecular weight is 249 g/mol. The molecule has 0 rings (SSSR count). The van der Waals surface area contributed by atoms with Crippen LogP contribution < -0.4 is 5.32 Å². The SMILES string of the molecule is CCCCC(CCC)(CNC)CC(F)(F)CC. The van der Waals surface area contributed by atoms with Crippen LogP contribution in [0.15, 0.2) is 0 Å². The van der Waals surface area contributed by atoms with Gasteiger partial charge in [0.2, 0.25) is 5.92 Å². The summed E-state index contributed by atoms with van der Waals surface area (Å²) in [4.78, 5) is 0. The molecular weight excluding hydrogens is 220 g/mol. The standard InChI is InChI=1S/C14H29F2N/c1-5-8-10-13(9-6-2,12-17-4)11-14(15,16)7-3/h17H,5-12H2,1-4H3. The average Bonchev–Trinajstić information content (AvgIpc) is 2.27. The van der Waals surface area contributed by atoms with Gasteiger partial charge in [0.15, 0.2) is 0 Å². The number of halogens is 2. The minimum Gasteiger partial charge on any atom is -0.319 e. The van der Waals surface area contributed by atoms with Gasteiger partial charge in [-0.05, 0) is 25.3 Å². The Labute approximate surface area is 105 Å². The number of rotatable bonds is 10. The molecule has 1 atom stereocenters. The van der Waals surface area contributed by atoms with Crippen molar-refractivity contribution in [3.8, 4) is 0 Å². The molecule has 0 bridgehead atoms. The number of alkyl halides is 2. The summed E-state index contributed by atoms with van der Waals surface area (Å²) >= 11 is 0. The van der Waals surface area contributed by atoms with E-state index >= 15 is 0 Å². The summed E-state index contributed by atoms with van der Waals surface area (Å²) in [6, 6.07) is 0. The van der Waals surface area contributed by atoms with Crippen molar-refractivity contribution in [3.63, 3.8) is 0 Å². The van der Waals surface area contributed by atoms with Gasteiger partial charge in [-0.25, -0.2) is 8.78 Å². The maximum atomic E-state index is 13.7. The Balaban J connectivity index is 4.74. The summed E-state index contributed by atoms with van der Waals surface area (Å²) in [7, 11) is 1.86. The fourth-order valence-corrected chi connectivity index (χ4v) is 2.67. The summed E-state index contributed by atoms with van der Waals surface area (Å²) < 4.78 is 27.4. The zero-order chi connectivity index (χ0) is 13.4. The lowest BCUT2D eigenvalue weighted by Gasteiger charge is -2.36. The molecule has 0 spiro atoms. The van der Waals surface area contributed by atoms with Crippen molar-refractivity contribution in [1.82, 2.24) is 5.32 Å². The predicted octanol–water partition coefficient (Wildman–Crippen LogP) is 4.62. The lowest BCUT2D eigenvalue weighted by Crippen LogP contribution is -2.38. The molecule has 104 valence electrons. The molecule has 3 heteroatoms. The maximum absolute atomic E-state index is 13.7. The van der Waals surface area contributed by atoms with Crippen molar-refractivity contribution in [1.29, 1.82) is 0 Å². The Morgan fingerprint density at radius 3 is 2.06 bits per heavy atom. The second kappa shape index (κ2) is 8.02. The van der Waals surface area contributed by atoms with Gasteiger partial charge < -0.3 is 5.32 Å². The summed E-state index contributed by atoms with van der Waals surface area (Å²) in [5.74, 6) is -2.51. The highest BCUT2D eigenvalue weighted by molar-refractivity contribution is 4.86. The molecule has 0 fully saturated rings. The Kier molecular flexibility index (Phi) is 7.93. The highest BCUT2D eigenvalue weighted by atomic mass is 19.3. The van der Waals surface area contributed by atoms with E-state index in [1.807, 2.05) is 7.05 Å². The normalized spacial score (nSPS) is 15.9. The van der Waals surface area contributed by atoms with Gasteiger partial charge in [-0.3, -0.25) is 0 Å². The van der Waals surface area contributed by atoms with E-state index in [-0.39, 0.29) is 18.3 Å². The van der Waals surface area contributed by atoms with Crippen molar-refractivity contribution in [2.24, 2.45) is 5.41 Å². The monoisotopic (exact) mass is 249 g/mol. The van der Waals surface area contributed by atoms with Gasteiger partial charge >= 0.3 is 0 Å². The van der Waals surface area contributed by atoms with Gasteiger partial charge in [0, 0.05) is 19.4 Å². The first kappa shape index (κ1) is 16.8. The van der Waals surface area contributed by atoms with Crippen molar-refractivity contribution >= 4 is 0 Å². The Morgan fingerprint density at radius 2 is 1.65 bits per heavy atom. The van der Waals surface area contributed by atoms with Crippen LogP contribution in [0.3, 0.4) is 0 Å². The quantitative estimate of drug-likeness (QED) is 0.596. The molecule has 0 radical (unpaired) electrons. The van der Waals surface area contributed by atoms with Crippen LogP contribution in [0.2, 0.25) is 0 Å². The van der Waals surface area contributed by atoms with E-state index in [0.29, 0.717) is 6.54 Å². The number of unbranched alkanes of at least 4 members (excludes halogenated alkanes) is 1. The second-order valence-electron chi connectivity index (χ2n) is 5.27. The first-order valence-corrected chi connectivity index (χ1v) is 6.97. The van der Waals surface area contributed by atoms with Crippen LogP contribution >= 0.6 is 0 Å². The molecule has 0 aliphatic rings. The predicted molar refractivity (Wildman–Crippen MR) is 70.6 cm³/mol. The Morgan fingerprint density at radius 1 is 1.00 bits per heavy atom. The molecule has 0 aromatic carbocycles. The number of hydrogen-bond acceptors (Lipinski definition) is 1. The van der Waals surface area contributed by atoms with E-state index in [0.717, 1.165) is 32.1 Å². The molecule has 0 heterocycles. The van der Waals surface area contributed by atoms with Crippen LogP contribution in [0.5, 0.6) is 0 Å². The zero-order valence-corrected chi connectivity index (χ0v) is 11.9. The molecule has 1 nitrogen and oxygen atoms in total.